The van der Waals surface area contributed by atoms with Gasteiger partial charge in [0.15, 0.2) is 18.1 Å². The van der Waals surface area contributed by atoms with Gasteiger partial charge in [0.05, 0.1) is 12.8 Å². The normalized spacial score (nSPS) is 11.6. The van der Waals surface area contributed by atoms with Crippen molar-refractivity contribution in [1.29, 1.82) is 0 Å². The topological polar surface area (TPSA) is 118 Å². The predicted molar refractivity (Wildman–Crippen MR) is 131 cm³/mol. The van der Waals surface area contributed by atoms with Crippen molar-refractivity contribution in [1.82, 2.24) is 10.7 Å². The minimum atomic E-state index is -0.851. The third-order valence-corrected chi connectivity index (χ3v) is 4.87. The summed E-state index contributed by atoms with van der Waals surface area (Å²) in [5.41, 5.74) is 5.55. The Morgan fingerprint density at radius 3 is 2.47 bits per heavy atom. The van der Waals surface area contributed by atoms with Crippen molar-refractivity contribution in [2.45, 2.75) is 47.1 Å². The van der Waals surface area contributed by atoms with Crippen LogP contribution in [-0.2, 0) is 14.4 Å². The van der Waals surface area contributed by atoms with E-state index >= 15 is 0 Å². The number of hydrogen-bond donors (Lipinski definition) is 3. The first-order chi connectivity index (χ1) is 16.2. The Morgan fingerprint density at radius 1 is 1.00 bits per heavy atom. The molecule has 0 unspecified atom stereocenters. The van der Waals surface area contributed by atoms with Crippen molar-refractivity contribution in [3.05, 3.63) is 53.1 Å². The zero-order valence-electron chi connectivity index (χ0n) is 20.2. The molecule has 0 radical (unpaired) electrons. The van der Waals surface area contributed by atoms with Crippen molar-refractivity contribution in [3.8, 4) is 11.5 Å². The Balaban J connectivity index is 1.98. The van der Waals surface area contributed by atoms with Gasteiger partial charge in [-0.3, -0.25) is 14.4 Å². The number of ether oxygens (including phenoxy) is 2. The second kappa shape index (κ2) is 13.0. The van der Waals surface area contributed by atoms with Gasteiger partial charge in [0.2, 0.25) is 0 Å². The third kappa shape index (κ3) is 8.23. The van der Waals surface area contributed by atoms with Crippen LogP contribution in [0.4, 0.5) is 5.69 Å². The van der Waals surface area contributed by atoms with E-state index in [-0.39, 0.29) is 18.6 Å². The first kappa shape index (κ1) is 26.4. The van der Waals surface area contributed by atoms with Crippen molar-refractivity contribution in [2.24, 2.45) is 5.10 Å². The number of nitrogens with one attached hydrogen (secondary N) is 3. The summed E-state index contributed by atoms with van der Waals surface area (Å²) in [4.78, 5) is 35.9. The van der Waals surface area contributed by atoms with Crippen LogP contribution in [0.3, 0.4) is 0 Å². The van der Waals surface area contributed by atoms with Gasteiger partial charge in [-0.1, -0.05) is 19.1 Å². The third-order valence-electron chi connectivity index (χ3n) is 4.87. The van der Waals surface area contributed by atoms with E-state index in [0.717, 1.165) is 16.8 Å². The number of benzene rings is 2. The molecule has 3 amide bonds. The van der Waals surface area contributed by atoms with Crippen LogP contribution in [-0.4, -0.2) is 43.2 Å². The number of carbonyl (C=O) groups excluding carboxylic acids is 3. The summed E-state index contributed by atoms with van der Waals surface area (Å²) in [7, 11) is 0. The second-order valence-corrected chi connectivity index (χ2v) is 7.78. The summed E-state index contributed by atoms with van der Waals surface area (Å²) < 4.78 is 11.3. The molecule has 9 heteroatoms. The first-order valence-electron chi connectivity index (χ1n) is 11.1. The van der Waals surface area contributed by atoms with Crippen LogP contribution in [0.25, 0.3) is 0 Å². The van der Waals surface area contributed by atoms with E-state index in [1.54, 1.807) is 25.1 Å². The van der Waals surface area contributed by atoms with Gasteiger partial charge < -0.3 is 20.1 Å². The fraction of sp³-hybridized carbons (Fsp3) is 0.360. The average molecular weight is 469 g/mol. The van der Waals surface area contributed by atoms with Gasteiger partial charge in [-0.05, 0) is 75.1 Å². The van der Waals surface area contributed by atoms with Crippen LogP contribution in [0.5, 0.6) is 11.5 Å². The molecule has 0 aliphatic carbocycles. The SMILES string of the molecule is CCOc1cc(/C=N\NC(=O)C(=O)N[C@@H](C)CC)ccc1OCC(=O)Nc1cc(C)ccc1C. The Morgan fingerprint density at radius 2 is 1.76 bits per heavy atom. The van der Waals surface area contributed by atoms with E-state index in [2.05, 4.69) is 21.2 Å². The molecule has 9 nitrogen and oxygen atoms in total. The Labute approximate surface area is 199 Å². The van der Waals surface area contributed by atoms with Crippen LogP contribution in [0.1, 0.15) is 43.9 Å². The van der Waals surface area contributed by atoms with Crippen LogP contribution in [0.15, 0.2) is 41.5 Å². The smallest absolute Gasteiger partial charge is 0.329 e. The number of rotatable bonds is 10. The van der Waals surface area contributed by atoms with E-state index in [0.29, 0.717) is 30.1 Å². The molecule has 0 aliphatic heterocycles. The van der Waals surface area contributed by atoms with Crippen molar-refractivity contribution in [3.63, 3.8) is 0 Å². The molecule has 0 bridgehead atoms. The fourth-order valence-electron chi connectivity index (χ4n) is 2.80. The second-order valence-electron chi connectivity index (χ2n) is 7.78. The lowest BCUT2D eigenvalue weighted by Gasteiger charge is -2.13. The fourth-order valence-corrected chi connectivity index (χ4v) is 2.80. The standard InChI is InChI=1S/C25H32N4O5/c1-6-18(5)27-24(31)25(32)29-26-14-19-10-11-21(22(13-19)33-7-2)34-15-23(30)28-20-12-16(3)8-9-17(20)4/h8-14,18H,6-7,15H2,1-5H3,(H,27,31)(H,28,30)(H,29,32)/b26-14-/t18-/m0/s1. The highest BCUT2D eigenvalue weighted by Gasteiger charge is 2.14. The van der Waals surface area contributed by atoms with Gasteiger partial charge in [0.1, 0.15) is 0 Å². The van der Waals surface area contributed by atoms with Crippen LogP contribution in [0, 0.1) is 13.8 Å². The molecular formula is C25H32N4O5. The quantitative estimate of drug-likeness (QED) is 0.281. The zero-order valence-corrected chi connectivity index (χ0v) is 20.2. The summed E-state index contributed by atoms with van der Waals surface area (Å²) in [6.07, 6.45) is 2.10. The molecule has 2 aromatic carbocycles. The number of anilines is 1. The van der Waals surface area contributed by atoms with E-state index in [9.17, 15) is 14.4 Å². The highest BCUT2D eigenvalue weighted by molar-refractivity contribution is 6.35. The molecule has 0 saturated carbocycles. The average Bonchev–Trinajstić information content (AvgIpc) is 2.80. The maximum Gasteiger partial charge on any atom is 0.329 e. The largest absolute Gasteiger partial charge is 0.490 e. The van der Waals surface area contributed by atoms with E-state index in [4.69, 9.17) is 9.47 Å². The Kier molecular flexibility index (Phi) is 10.1. The van der Waals surface area contributed by atoms with Crippen molar-refractivity contribution in [2.75, 3.05) is 18.5 Å². The maximum absolute atomic E-state index is 12.4. The molecule has 0 spiro atoms. The highest BCUT2D eigenvalue weighted by Crippen LogP contribution is 2.28. The first-order valence-corrected chi connectivity index (χ1v) is 11.1. The molecule has 0 aliphatic rings. The van der Waals surface area contributed by atoms with Crippen molar-refractivity contribution < 1.29 is 23.9 Å². The Bertz CT molecular complexity index is 1050. The van der Waals surface area contributed by atoms with E-state index in [1.165, 1.54) is 6.21 Å². The lowest BCUT2D eigenvalue weighted by Crippen LogP contribution is -2.41. The number of aryl methyl sites for hydroxylation is 2. The van der Waals surface area contributed by atoms with Gasteiger partial charge in [-0.25, -0.2) is 5.43 Å². The molecule has 2 aromatic rings. The number of nitrogens with zero attached hydrogens (tertiary/aromatic N) is 1. The summed E-state index contributed by atoms with van der Waals surface area (Å²) in [6, 6.07) is 10.7. The molecule has 3 N–H and O–H groups in total. The number of carbonyl (C=O) groups is 3. The van der Waals surface area contributed by atoms with E-state index in [1.807, 2.05) is 45.9 Å². The molecule has 34 heavy (non-hydrogen) atoms. The predicted octanol–water partition coefficient (Wildman–Crippen LogP) is 3.08. The summed E-state index contributed by atoms with van der Waals surface area (Å²) in [6.45, 7) is 9.61. The van der Waals surface area contributed by atoms with Gasteiger partial charge in [0, 0.05) is 11.7 Å². The summed E-state index contributed by atoms with van der Waals surface area (Å²) in [5.74, 6) is -1.07. The molecule has 182 valence electrons. The number of hydrazone groups is 1. The number of amides is 3. The number of hydrogen-bond acceptors (Lipinski definition) is 6. The highest BCUT2D eigenvalue weighted by atomic mass is 16.5. The van der Waals surface area contributed by atoms with Gasteiger partial charge in [0.25, 0.3) is 5.91 Å². The van der Waals surface area contributed by atoms with Gasteiger partial charge in [-0.15, -0.1) is 0 Å². The molecular weight excluding hydrogens is 436 g/mol. The Hall–Kier alpha value is -3.88. The monoisotopic (exact) mass is 468 g/mol. The zero-order chi connectivity index (χ0) is 25.1. The minimum absolute atomic E-state index is 0.105. The lowest BCUT2D eigenvalue weighted by molar-refractivity contribution is -0.139. The summed E-state index contributed by atoms with van der Waals surface area (Å²) in [5, 5.41) is 9.23. The van der Waals surface area contributed by atoms with Gasteiger partial charge in [-0.2, -0.15) is 5.10 Å². The van der Waals surface area contributed by atoms with E-state index < -0.39 is 11.8 Å². The van der Waals surface area contributed by atoms with Crippen molar-refractivity contribution >= 4 is 29.6 Å². The minimum Gasteiger partial charge on any atom is -0.490 e. The van der Waals surface area contributed by atoms with Gasteiger partial charge >= 0.3 is 11.8 Å². The molecule has 1 atom stereocenters. The lowest BCUT2D eigenvalue weighted by atomic mass is 10.1. The maximum atomic E-state index is 12.4. The molecule has 0 saturated heterocycles. The molecule has 0 aromatic heterocycles. The molecule has 0 heterocycles. The van der Waals surface area contributed by atoms with Crippen LogP contribution < -0.4 is 25.5 Å². The summed E-state index contributed by atoms with van der Waals surface area (Å²) >= 11 is 0. The molecule has 2 rings (SSSR count). The van der Waals surface area contributed by atoms with Crippen LogP contribution >= 0.6 is 0 Å². The molecule has 0 fully saturated rings. The van der Waals surface area contributed by atoms with Crippen LogP contribution in [0.2, 0.25) is 0 Å².